The number of piperidine rings is 1. The Bertz CT molecular complexity index is 445. The number of aliphatic hydroxyl groups excluding tert-OH is 1. The monoisotopic (exact) mass is 329 g/mol. The molecule has 1 aromatic rings. The molecule has 1 amide bonds. The lowest BCUT2D eigenvalue weighted by molar-refractivity contribution is 0.0648. The summed E-state index contributed by atoms with van der Waals surface area (Å²) in [5.74, 6) is -0.454. The van der Waals surface area contributed by atoms with E-state index in [4.69, 9.17) is 5.11 Å². The van der Waals surface area contributed by atoms with Gasteiger partial charge in [0.15, 0.2) is 0 Å². The summed E-state index contributed by atoms with van der Waals surface area (Å²) in [7, 11) is 0. The Labute approximate surface area is 120 Å². The van der Waals surface area contributed by atoms with Gasteiger partial charge in [0, 0.05) is 24.2 Å². The Hall–Kier alpha value is -0.940. The molecule has 3 nitrogen and oxygen atoms in total. The first-order valence-corrected chi connectivity index (χ1v) is 7.27. The fourth-order valence-corrected chi connectivity index (χ4v) is 3.04. The van der Waals surface area contributed by atoms with E-state index in [1.54, 1.807) is 17.0 Å². The van der Waals surface area contributed by atoms with Crippen molar-refractivity contribution in [3.05, 3.63) is 34.1 Å². The highest BCUT2D eigenvalue weighted by molar-refractivity contribution is 9.10. The van der Waals surface area contributed by atoms with Crippen LogP contribution in [0.4, 0.5) is 4.39 Å². The minimum Gasteiger partial charge on any atom is -0.396 e. The fraction of sp³-hybridized carbons (Fsp3) is 0.500. The number of halogens is 2. The van der Waals surface area contributed by atoms with Crippen molar-refractivity contribution in [3.63, 3.8) is 0 Å². The molecule has 1 aliphatic rings. The standard InChI is InChI=1S/C14H17BrFNO2/c15-11-4-1-5-12(16)13(11)14(19)17-7-2-3-10(9-17)6-8-18/h1,4-5,10,18H,2-3,6-9H2. The molecule has 5 heteroatoms. The lowest BCUT2D eigenvalue weighted by atomic mass is 9.94. The first-order valence-electron chi connectivity index (χ1n) is 6.47. The van der Waals surface area contributed by atoms with Crippen LogP contribution in [0.2, 0.25) is 0 Å². The average Bonchev–Trinajstić information content (AvgIpc) is 2.39. The maximum absolute atomic E-state index is 13.8. The number of hydrogen-bond acceptors (Lipinski definition) is 2. The molecule has 1 aromatic carbocycles. The predicted octanol–water partition coefficient (Wildman–Crippen LogP) is 2.82. The van der Waals surface area contributed by atoms with Crippen molar-refractivity contribution in [1.82, 2.24) is 4.90 Å². The van der Waals surface area contributed by atoms with Crippen molar-refractivity contribution >= 4 is 21.8 Å². The molecule has 0 saturated carbocycles. The fourth-order valence-electron chi connectivity index (χ4n) is 2.53. The second-order valence-electron chi connectivity index (χ2n) is 4.87. The maximum atomic E-state index is 13.8. The van der Waals surface area contributed by atoms with E-state index in [9.17, 15) is 9.18 Å². The number of aliphatic hydroxyl groups is 1. The third-order valence-electron chi connectivity index (χ3n) is 3.52. The number of carbonyl (C=O) groups excluding carboxylic acids is 1. The lowest BCUT2D eigenvalue weighted by Gasteiger charge is -2.32. The van der Waals surface area contributed by atoms with Crippen molar-refractivity contribution in [2.45, 2.75) is 19.3 Å². The van der Waals surface area contributed by atoms with Crippen LogP contribution in [-0.2, 0) is 0 Å². The summed E-state index contributed by atoms with van der Waals surface area (Å²) in [5, 5.41) is 8.98. The van der Waals surface area contributed by atoms with Crippen LogP contribution in [0.25, 0.3) is 0 Å². The van der Waals surface area contributed by atoms with E-state index in [-0.39, 0.29) is 18.1 Å². The number of likely N-dealkylation sites (tertiary alicyclic amines) is 1. The summed E-state index contributed by atoms with van der Waals surface area (Å²) in [6.45, 7) is 1.39. The molecule has 19 heavy (non-hydrogen) atoms. The Morgan fingerprint density at radius 2 is 2.32 bits per heavy atom. The molecular weight excluding hydrogens is 313 g/mol. The molecule has 0 radical (unpaired) electrons. The van der Waals surface area contributed by atoms with E-state index in [1.807, 2.05) is 0 Å². The Morgan fingerprint density at radius 3 is 3.00 bits per heavy atom. The highest BCUT2D eigenvalue weighted by Gasteiger charge is 2.27. The number of benzene rings is 1. The Balaban J connectivity index is 2.15. The van der Waals surface area contributed by atoms with Gasteiger partial charge in [0.1, 0.15) is 5.82 Å². The van der Waals surface area contributed by atoms with Crippen LogP contribution < -0.4 is 0 Å². The van der Waals surface area contributed by atoms with Gasteiger partial charge in [-0.15, -0.1) is 0 Å². The number of hydrogen-bond donors (Lipinski definition) is 1. The van der Waals surface area contributed by atoms with Crippen molar-refractivity contribution in [2.24, 2.45) is 5.92 Å². The van der Waals surface area contributed by atoms with Crippen LogP contribution in [0, 0.1) is 11.7 Å². The molecule has 0 bridgehead atoms. The van der Waals surface area contributed by atoms with Gasteiger partial charge in [0.25, 0.3) is 5.91 Å². The van der Waals surface area contributed by atoms with Crippen LogP contribution in [-0.4, -0.2) is 35.6 Å². The maximum Gasteiger partial charge on any atom is 0.257 e. The second kappa shape index (κ2) is 6.48. The molecule has 1 aliphatic heterocycles. The van der Waals surface area contributed by atoms with E-state index < -0.39 is 5.82 Å². The van der Waals surface area contributed by atoms with Crippen LogP contribution >= 0.6 is 15.9 Å². The second-order valence-corrected chi connectivity index (χ2v) is 5.72. The van der Waals surface area contributed by atoms with E-state index in [1.165, 1.54) is 6.07 Å². The average molecular weight is 330 g/mol. The summed E-state index contributed by atoms with van der Waals surface area (Å²) in [6, 6.07) is 4.54. The van der Waals surface area contributed by atoms with Gasteiger partial charge in [-0.05, 0) is 53.2 Å². The topological polar surface area (TPSA) is 40.5 Å². The van der Waals surface area contributed by atoms with E-state index in [2.05, 4.69) is 15.9 Å². The van der Waals surface area contributed by atoms with E-state index in [0.717, 1.165) is 12.8 Å². The van der Waals surface area contributed by atoms with Gasteiger partial charge in [-0.2, -0.15) is 0 Å². The highest BCUT2D eigenvalue weighted by Crippen LogP contribution is 2.25. The number of rotatable bonds is 3. The van der Waals surface area contributed by atoms with Crippen molar-refractivity contribution in [1.29, 1.82) is 0 Å². The first kappa shape index (κ1) is 14.5. The first-order chi connectivity index (χ1) is 9.13. The minimum absolute atomic E-state index is 0.104. The molecule has 1 atom stereocenters. The van der Waals surface area contributed by atoms with Gasteiger partial charge in [-0.3, -0.25) is 4.79 Å². The van der Waals surface area contributed by atoms with Crippen LogP contribution in [0.15, 0.2) is 22.7 Å². The molecule has 104 valence electrons. The van der Waals surface area contributed by atoms with Crippen molar-refractivity contribution in [2.75, 3.05) is 19.7 Å². The molecule has 2 rings (SSSR count). The van der Waals surface area contributed by atoms with Gasteiger partial charge in [-0.1, -0.05) is 6.07 Å². The summed E-state index contributed by atoms with van der Waals surface area (Å²) < 4.78 is 14.3. The molecule has 0 aliphatic carbocycles. The van der Waals surface area contributed by atoms with E-state index in [0.29, 0.717) is 29.9 Å². The smallest absolute Gasteiger partial charge is 0.257 e. The predicted molar refractivity (Wildman–Crippen MR) is 74.4 cm³/mol. The third kappa shape index (κ3) is 3.34. The molecule has 1 fully saturated rings. The molecule has 1 heterocycles. The zero-order valence-electron chi connectivity index (χ0n) is 10.6. The normalized spacial score (nSPS) is 19.5. The molecule has 0 aromatic heterocycles. The van der Waals surface area contributed by atoms with Gasteiger partial charge in [0.2, 0.25) is 0 Å². The third-order valence-corrected chi connectivity index (χ3v) is 4.18. The highest BCUT2D eigenvalue weighted by atomic mass is 79.9. The van der Waals surface area contributed by atoms with Crippen LogP contribution in [0.1, 0.15) is 29.6 Å². The minimum atomic E-state index is -0.497. The molecule has 1 saturated heterocycles. The quantitative estimate of drug-likeness (QED) is 0.926. The van der Waals surface area contributed by atoms with Crippen molar-refractivity contribution < 1.29 is 14.3 Å². The van der Waals surface area contributed by atoms with Crippen LogP contribution in [0.5, 0.6) is 0 Å². The van der Waals surface area contributed by atoms with Gasteiger partial charge >= 0.3 is 0 Å². The van der Waals surface area contributed by atoms with E-state index >= 15 is 0 Å². The number of nitrogens with zero attached hydrogens (tertiary/aromatic N) is 1. The van der Waals surface area contributed by atoms with Gasteiger partial charge < -0.3 is 10.0 Å². The Kier molecular flexibility index (Phi) is 4.93. The van der Waals surface area contributed by atoms with Crippen LogP contribution in [0.3, 0.4) is 0 Å². The van der Waals surface area contributed by atoms with Crippen molar-refractivity contribution in [3.8, 4) is 0 Å². The zero-order valence-corrected chi connectivity index (χ0v) is 12.2. The number of amides is 1. The zero-order chi connectivity index (χ0) is 13.8. The Morgan fingerprint density at radius 1 is 1.53 bits per heavy atom. The molecular formula is C14H17BrFNO2. The summed E-state index contributed by atoms with van der Waals surface area (Å²) in [5.41, 5.74) is 0.104. The molecule has 1 unspecified atom stereocenters. The SMILES string of the molecule is O=C(c1c(F)cccc1Br)N1CCCC(CCO)C1. The van der Waals surface area contributed by atoms with Gasteiger partial charge in [0.05, 0.1) is 5.56 Å². The lowest BCUT2D eigenvalue weighted by Crippen LogP contribution is -2.40. The summed E-state index contributed by atoms with van der Waals surface area (Å²) in [6.07, 6.45) is 2.62. The summed E-state index contributed by atoms with van der Waals surface area (Å²) >= 11 is 3.23. The molecule has 0 spiro atoms. The summed E-state index contributed by atoms with van der Waals surface area (Å²) in [4.78, 5) is 14.1. The molecule has 1 N–H and O–H groups in total. The largest absolute Gasteiger partial charge is 0.396 e. The number of carbonyl (C=O) groups is 1. The van der Waals surface area contributed by atoms with Gasteiger partial charge in [-0.25, -0.2) is 4.39 Å².